The Morgan fingerprint density at radius 3 is 2.40 bits per heavy atom. The van der Waals surface area contributed by atoms with Crippen LogP contribution >= 0.6 is 0 Å². The molecule has 2 saturated carbocycles. The van der Waals surface area contributed by atoms with Crippen LogP contribution in [0.5, 0.6) is 0 Å². The first-order chi connectivity index (χ1) is 11.5. The van der Waals surface area contributed by atoms with Crippen LogP contribution in [-0.2, 0) is 0 Å². The number of rotatable bonds is 1. The van der Waals surface area contributed by atoms with Crippen molar-refractivity contribution < 1.29 is 25.5 Å². The molecule has 2 bridgehead atoms. The van der Waals surface area contributed by atoms with Crippen LogP contribution < -0.4 is 0 Å². The number of aliphatic hydroxyl groups is 5. The summed E-state index contributed by atoms with van der Waals surface area (Å²) in [6.07, 6.45) is 0.801. The molecule has 2 fully saturated rings. The minimum absolute atomic E-state index is 0.0853. The lowest BCUT2D eigenvalue weighted by Crippen LogP contribution is -2.66. The molecule has 4 aliphatic carbocycles. The van der Waals surface area contributed by atoms with Gasteiger partial charge in [-0.1, -0.05) is 32.9 Å². The fourth-order valence-corrected chi connectivity index (χ4v) is 6.74. The van der Waals surface area contributed by atoms with E-state index < -0.39 is 35.9 Å². The van der Waals surface area contributed by atoms with Gasteiger partial charge in [0.2, 0.25) is 0 Å². The average Bonchev–Trinajstić information content (AvgIpc) is 3.05. The van der Waals surface area contributed by atoms with E-state index in [1.54, 1.807) is 19.1 Å². The van der Waals surface area contributed by atoms with Gasteiger partial charge in [-0.2, -0.15) is 0 Å². The Morgan fingerprint density at radius 1 is 1.16 bits per heavy atom. The molecule has 4 rings (SSSR count). The monoisotopic (exact) mass is 350 g/mol. The first-order valence-corrected chi connectivity index (χ1v) is 9.32. The van der Waals surface area contributed by atoms with Gasteiger partial charge in [-0.15, -0.1) is 0 Å². The lowest BCUT2D eigenvalue weighted by atomic mass is 9.58. The molecular weight excluding hydrogens is 320 g/mol. The van der Waals surface area contributed by atoms with Crippen LogP contribution in [0.15, 0.2) is 23.3 Å². The highest BCUT2D eigenvalue weighted by Crippen LogP contribution is 2.72. The summed E-state index contributed by atoms with van der Waals surface area (Å²) in [4.78, 5) is 0. The normalized spacial score (nSPS) is 56.1. The highest BCUT2D eigenvalue weighted by Gasteiger charge is 2.75. The van der Waals surface area contributed by atoms with E-state index >= 15 is 0 Å². The zero-order valence-corrected chi connectivity index (χ0v) is 15.3. The largest absolute Gasteiger partial charge is 0.392 e. The van der Waals surface area contributed by atoms with Crippen molar-refractivity contribution in [1.82, 2.24) is 0 Å². The molecule has 0 aliphatic heterocycles. The van der Waals surface area contributed by atoms with Gasteiger partial charge in [-0.3, -0.25) is 0 Å². The van der Waals surface area contributed by atoms with Gasteiger partial charge in [0.1, 0.15) is 17.8 Å². The summed E-state index contributed by atoms with van der Waals surface area (Å²) < 4.78 is 0. The quantitative estimate of drug-likeness (QED) is 0.446. The van der Waals surface area contributed by atoms with E-state index in [1.807, 2.05) is 6.92 Å². The van der Waals surface area contributed by atoms with Crippen molar-refractivity contribution >= 4 is 0 Å². The van der Waals surface area contributed by atoms with E-state index in [4.69, 9.17) is 0 Å². The lowest BCUT2D eigenvalue weighted by Gasteiger charge is -2.51. The molecule has 0 aromatic heterocycles. The highest BCUT2D eigenvalue weighted by molar-refractivity contribution is 5.42. The smallest absolute Gasteiger partial charge is 0.136 e. The number of aliphatic hydroxyl groups excluding tert-OH is 4. The van der Waals surface area contributed by atoms with Gasteiger partial charge in [0, 0.05) is 5.92 Å². The molecule has 1 spiro atoms. The van der Waals surface area contributed by atoms with Gasteiger partial charge in [0.25, 0.3) is 0 Å². The Labute approximate surface area is 148 Å². The van der Waals surface area contributed by atoms with Crippen LogP contribution in [-0.4, -0.2) is 56.1 Å². The Morgan fingerprint density at radius 2 is 1.80 bits per heavy atom. The van der Waals surface area contributed by atoms with E-state index in [0.29, 0.717) is 17.1 Å². The van der Waals surface area contributed by atoms with E-state index in [0.717, 1.165) is 6.42 Å². The van der Waals surface area contributed by atoms with E-state index in [9.17, 15) is 25.5 Å². The maximum atomic E-state index is 11.6. The third-order valence-corrected chi connectivity index (χ3v) is 8.20. The van der Waals surface area contributed by atoms with Crippen molar-refractivity contribution in [2.24, 2.45) is 34.5 Å². The Hall–Kier alpha value is -0.720. The summed E-state index contributed by atoms with van der Waals surface area (Å²) in [5.74, 6) is 0.292. The van der Waals surface area contributed by atoms with E-state index in [1.165, 1.54) is 0 Å². The maximum absolute atomic E-state index is 11.6. The van der Waals surface area contributed by atoms with Gasteiger partial charge in [0.05, 0.1) is 18.1 Å². The third-order valence-electron chi connectivity index (χ3n) is 8.20. The second-order valence-electron chi connectivity index (χ2n) is 9.46. The molecule has 1 unspecified atom stereocenters. The van der Waals surface area contributed by atoms with E-state index in [2.05, 4.69) is 13.8 Å². The maximum Gasteiger partial charge on any atom is 0.136 e. The van der Waals surface area contributed by atoms with Crippen LogP contribution in [0.25, 0.3) is 0 Å². The standard InChI is InChI=1S/C20H30O5/c1-9-7-19-10(2)5-13-14(18(13,3)4)12(17(19)24)6-11(8-21)16(23)20(19,25)15(9)22/h6-7,10,12-17,21-25H,5,8H2,1-4H3/t10-,12+,13-,14+,15+,16-,17?,19+,20-/m0/s1. The second-order valence-corrected chi connectivity index (χ2v) is 9.46. The fourth-order valence-electron chi connectivity index (χ4n) is 6.74. The van der Waals surface area contributed by atoms with Crippen LogP contribution in [0.1, 0.15) is 34.1 Å². The zero-order valence-electron chi connectivity index (χ0n) is 15.3. The average molecular weight is 350 g/mol. The van der Waals surface area contributed by atoms with E-state index in [-0.39, 0.29) is 23.2 Å². The third kappa shape index (κ3) is 1.77. The molecule has 9 atom stereocenters. The van der Waals surface area contributed by atoms with Gasteiger partial charge in [-0.25, -0.2) is 0 Å². The SMILES string of the molecule is CC1=C[C@@]23C(O)[C@H](C=C(CO)[C@H](O)[C@@]2(O)[C@@H]1O)[C@@H]1[C@H](C[C@@H]3C)C1(C)C. The van der Waals surface area contributed by atoms with Crippen LogP contribution in [0, 0.1) is 34.5 Å². The topological polar surface area (TPSA) is 101 Å². The summed E-state index contributed by atoms with van der Waals surface area (Å²) in [5.41, 5.74) is -2.11. The van der Waals surface area contributed by atoms with Crippen molar-refractivity contribution in [1.29, 1.82) is 0 Å². The molecule has 0 radical (unpaired) electrons. The minimum Gasteiger partial charge on any atom is -0.392 e. The summed E-state index contributed by atoms with van der Waals surface area (Å²) in [5, 5.41) is 54.7. The molecule has 0 saturated heterocycles. The Kier molecular flexibility index (Phi) is 3.51. The summed E-state index contributed by atoms with van der Waals surface area (Å²) in [6.45, 7) is 7.72. The van der Waals surface area contributed by atoms with Crippen molar-refractivity contribution in [2.75, 3.05) is 6.61 Å². The predicted octanol–water partition coefficient (Wildman–Crippen LogP) is 0.607. The van der Waals surface area contributed by atoms with Crippen molar-refractivity contribution in [3.8, 4) is 0 Å². The van der Waals surface area contributed by atoms with Crippen LogP contribution in [0.3, 0.4) is 0 Å². The number of fused-ring (bicyclic) bond motifs is 3. The number of hydrogen-bond acceptors (Lipinski definition) is 5. The van der Waals surface area contributed by atoms with Gasteiger partial charge in [0.15, 0.2) is 0 Å². The highest BCUT2D eigenvalue weighted by atomic mass is 16.4. The molecule has 0 amide bonds. The summed E-state index contributed by atoms with van der Waals surface area (Å²) >= 11 is 0. The van der Waals surface area contributed by atoms with Crippen molar-refractivity contribution in [2.45, 2.75) is 58.0 Å². The molecule has 0 aromatic rings. The molecule has 5 nitrogen and oxygen atoms in total. The molecule has 5 N–H and O–H groups in total. The summed E-state index contributed by atoms with van der Waals surface area (Å²) in [6, 6.07) is 0. The lowest BCUT2D eigenvalue weighted by molar-refractivity contribution is -0.215. The summed E-state index contributed by atoms with van der Waals surface area (Å²) in [7, 11) is 0. The molecule has 5 heteroatoms. The van der Waals surface area contributed by atoms with Crippen LogP contribution in [0.2, 0.25) is 0 Å². The van der Waals surface area contributed by atoms with Gasteiger partial charge >= 0.3 is 0 Å². The number of hydrogen-bond donors (Lipinski definition) is 5. The second kappa shape index (κ2) is 4.96. The molecule has 0 aromatic carbocycles. The zero-order chi connectivity index (χ0) is 18.5. The van der Waals surface area contributed by atoms with Crippen molar-refractivity contribution in [3.63, 3.8) is 0 Å². The molecule has 25 heavy (non-hydrogen) atoms. The molecule has 0 heterocycles. The first kappa shape index (κ1) is 17.7. The van der Waals surface area contributed by atoms with Crippen LogP contribution in [0.4, 0.5) is 0 Å². The minimum atomic E-state index is -1.93. The molecule has 140 valence electrons. The molecular formula is C20H30O5. The van der Waals surface area contributed by atoms with Gasteiger partial charge in [-0.05, 0) is 47.7 Å². The van der Waals surface area contributed by atoms with Crippen molar-refractivity contribution in [3.05, 3.63) is 23.3 Å². The fraction of sp³-hybridized carbons (Fsp3) is 0.800. The Bertz CT molecular complexity index is 667. The first-order valence-electron chi connectivity index (χ1n) is 9.32. The molecule has 4 aliphatic rings. The van der Waals surface area contributed by atoms with Gasteiger partial charge < -0.3 is 25.5 Å². The predicted molar refractivity (Wildman–Crippen MR) is 92.4 cm³/mol. The Balaban J connectivity index is 1.98.